The van der Waals surface area contributed by atoms with Crippen LogP contribution in [-0.2, 0) is 4.79 Å². The highest BCUT2D eigenvalue weighted by atomic mass is 16.3. The topological polar surface area (TPSA) is 91.0 Å². The van der Waals surface area contributed by atoms with E-state index in [1.165, 1.54) is 0 Å². The molecule has 0 bridgehead atoms. The maximum absolute atomic E-state index is 10.3. The van der Waals surface area contributed by atoms with Crippen LogP contribution in [0.3, 0.4) is 0 Å². The molecule has 0 aliphatic heterocycles. The number of aliphatic hydroxyl groups excluding tert-OH is 1. The summed E-state index contributed by atoms with van der Waals surface area (Å²) in [6.07, 6.45) is -0.763. The molecule has 0 aromatic heterocycles. The summed E-state index contributed by atoms with van der Waals surface area (Å²) >= 11 is 0. The molecule has 0 fully saturated rings. The number of quaternary nitrogens is 1. The summed E-state index contributed by atoms with van der Waals surface area (Å²) in [6.45, 7) is 3.50. The number of nitrogens with two attached hydrogens (primary N) is 1. The van der Waals surface area contributed by atoms with E-state index >= 15 is 0 Å². The van der Waals surface area contributed by atoms with Gasteiger partial charge in [0.2, 0.25) is 5.91 Å². The number of carbonyl (C=O) groups excluding carboxylic acids is 1. The highest BCUT2D eigenvalue weighted by Gasteiger charge is 2.27. The summed E-state index contributed by atoms with van der Waals surface area (Å²) < 4.78 is 0. The first-order valence-corrected chi connectivity index (χ1v) is 3.16. The van der Waals surface area contributed by atoms with Crippen molar-refractivity contribution in [1.82, 2.24) is 0 Å². The quantitative estimate of drug-likeness (QED) is 0.441. The molecule has 1 atom stereocenters. The zero-order valence-electron chi connectivity index (χ0n) is 6.42. The predicted molar refractivity (Wildman–Crippen MR) is 36.8 cm³/mol. The van der Waals surface area contributed by atoms with E-state index < -0.39 is 17.6 Å². The minimum absolute atomic E-state index is 0.0174. The van der Waals surface area contributed by atoms with Crippen molar-refractivity contribution in [2.75, 3.05) is 0 Å². The van der Waals surface area contributed by atoms with Gasteiger partial charge >= 0.3 is 0 Å². The Morgan fingerprint density at radius 2 is 2.20 bits per heavy atom. The zero-order chi connectivity index (χ0) is 8.36. The number of carbonyl (C=O) groups is 1. The average molecular weight is 147 g/mol. The fraction of sp³-hybridized carbons (Fsp3) is 0.833. The van der Waals surface area contributed by atoms with E-state index in [4.69, 9.17) is 5.73 Å². The smallest absolute Gasteiger partial charge is 0.220 e. The van der Waals surface area contributed by atoms with Gasteiger partial charge in [0.1, 0.15) is 11.6 Å². The number of rotatable bonds is 3. The SMILES string of the molecule is CC(C)([NH3+])[C@@H](O)CC(N)=O. The van der Waals surface area contributed by atoms with E-state index in [1.54, 1.807) is 13.8 Å². The number of aliphatic hydroxyl groups is 1. The van der Waals surface area contributed by atoms with Crippen molar-refractivity contribution >= 4 is 5.91 Å². The fourth-order valence-corrected chi connectivity index (χ4v) is 0.467. The molecule has 6 N–H and O–H groups in total. The maximum atomic E-state index is 10.3. The molecular weight excluding hydrogens is 132 g/mol. The third-order valence-corrected chi connectivity index (χ3v) is 1.30. The molecule has 0 saturated heterocycles. The van der Waals surface area contributed by atoms with Crippen molar-refractivity contribution < 1.29 is 15.6 Å². The Hall–Kier alpha value is -0.610. The second kappa shape index (κ2) is 2.98. The van der Waals surface area contributed by atoms with Gasteiger partial charge in [-0.25, -0.2) is 0 Å². The van der Waals surface area contributed by atoms with Gasteiger partial charge in [0.25, 0.3) is 0 Å². The van der Waals surface area contributed by atoms with Crippen molar-refractivity contribution in [3.8, 4) is 0 Å². The molecule has 0 radical (unpaired) electrons. The van der Waals surface area contributed by atoms with Gasteiger partial charge in [-0.2, -0.15) is 0 Å². The molecule has 0 aliphatic carbocycles. The summed E-state index contributed by atoms with van der Waals surface area (Å²) in [5.74, 6) is -0.496. The van der Waals surface area contributed by atoms with Crippen LogP contribution >= 0.6 is 0 Å². The van der Waals surface area contributed by atoms with Crippen molar-refractivity contribution in [2.45, 2.75) is 31.9 Å². The molecule has 0 aliphatic rings. The molecule has 1 amide bonds. The van der Waals surface area contributed by atoms with Crippen LogP contribution in [0, 0.1) is 0 Å². The fourth-order valence-electron chi connectivity index (χ4n) is 0.467. The average Bonchev–Trinajstić information content (AvgIpc) is 1.60. The minimum Gasteiger partial charge on any atom is -0.386 e. The van der Waals surface area contributed by atoms with E-state index in [0.717, 1.165) is 0 Å². The van der Waals surface area contributed by atoms with Crippen molar-refractivity contribution in [3.05, 3.63) is 0 Å². The number of hydrogen-bond acceptors (Lipinski definition) is 2. The van der Waals surface area contributed by atoms with Crippen LogP contribution in [-0.4, -0.2) is 22.7 Å². The van der Waals surface area contributed by atoms with Crippen LogP contribution in [0.2, 0.25) is 0 Å². The lowest BCUT2D eigenvalue weighted by molar-refractivity contribution is -0.483. The first-order valence-electron chi connectivity index (χ1n) is 3.16. The Kier molecular flexibility index (Phi) is 2.80. The molecule has 0 aromatic rings. The maximum Gasteiger partial charge on any atom is 0.220 e. The molecule has 10 heavy (non-hydrogen) atoms. The highest BCUT2D eigenvalue weighted by Crippen LogP contribution is 2.04. The normalized spacial score (nSPS) is 14.8. The van der Waals surface area contributed by atoms with Gasteiger partial charge in [-0.05, 0) is 13.8 Å². The van der Waals surface area contributed by atoms with E-state index in [1.807, 2.05) is 0 Å². The number of hydrogen-bond donors (Lipinski definition) is 3. The van der Waals surface area contributed by atoms with Gasteiger partial charge in [-0.3, -0.25) is 4.79 Å². The standard InChI is InChI=1S/C6H14N2O2/c1-6(2,8)4(9)3-5(7)10/h4,9H,3,8H2,1-2H3,(H2,7,10)/p+1/t4-/m0/s1. The Morgan fingerprint density at radius 3 is 2.30 bits per heavy atom. The van der Waals surface area contributed by atoms with E-state index in [0.29, 0.717) is 0 Å². The Bertz CT molecular complexity index is 128. The molecule has 0 spiro atoms. The summed E-state index contributed by atoms with van der Waals surface area (Å²) in [6, 6.07) is 0. The molecule has 4 nitrogen and oxygen atoms in total. The zero-order valence-corrected chi connectivity index (χ0v) is 6.42. The molecule has 4 heteroatoms. The third-order valence-electron chi connectivity index (χ3n) is 1.30. The molecular formula is C6H15N2O2+. The Balaban J connectivity index is 3.85. The van der Waals surface area contributed by atoms with Crippen LogP contribution in [0.15, 0.2) is 0 Å². The van der Waals surface area contributed by atoms with Crippen LogP contribution in [0.4, 0.5) is 0 Å². The van der Waals surface area contributed by atoms with Crippen molar-refractivity contribution in [3.63, 3.8) is 0 Å². The lowest BCUT2D eigenvalue weighted by atomic mass is 9.96. The summed E-state index contributed by atoms with van der Waals surface area (Å²) in [5, 5.41) is 9.19. The first-order chi connectivity index (χ1) is 4.34. The largest absolute Gasteiger partial charge is 0.386 e. The van der Waals surface area contributed by atoms with Crippen molar-refractivity contribution in [2.24, 2.45) is 5.73 Å². The van der Waals surface area contributed by atoms with Gasteiger partial charge in [-0.15, -0.1) is 0 Å². The second-order valence-corrected chi connectivity index (χ2v) is 3.17. The van der Waals surface area contributed by atoms with Crippen LogP contribution in [0.1, 0.15) is 20.3 Å². The van der Waals surface area contributed by atoms with Crippen LogP contribution in [0.5, 0.6) is 0 Å². The molecule has 60 valence electrons. The first kappa shape index (κ1) is 9.39. The third kappa shape index (κ3) is 3.42. The number of primary amides is 1. The summed E-state index contributed by atoms with van der Waals surface area (Å²) in [7, 11) is 0. The second-order valence-electron chi connectivity index (χ2n) is 3.17. The van der Waals surface area contributed by atoms with E-state index in [9.17, 15) is 9.90 Å². The minimum atomic E-state index is -0.745. The van der Waals surface area contributed by atoms with Gasteiger partial charge in [-0.1, -0.05) is 0 Å². The van der Waals surface area contributed by atoms with E-state index in [-0.39, 0.29) is 6.42 Å². The van der Waals surface area contributed by atoms with Gasteiger partial charge in [0.05, 0.1) is 6.42 Å². The lowest BCUT2D eigenvalue weighted by Gasteiger charge is -2.20. The van der Waals surface area contributed by atoms with Gasteiger partial charge in [0.15, 0.2) is 0 Å². The molecule has 0 rings (SSSR count). The highest BCUT2D eigenvalue weighted by molar-refractivity contribution is 5.74. The summed E-state index contributed by atoms with van der Waals surface area (Å²) in [4.78, 5) is 10.3. The Morgan fingerprint density at radius 1 is 1.80 bits per heavy atom. The monoisotopic (exact) mass is 147 g/mol. The van der Waals surface area contributed by atoms with E-state index in [2.05, 4.69) is 5.73 Å². The summed E-state index contributed by atoms with van der Waals surface area (Å²) in [5.41, 5.74) is 8.02. The van der Waals surface area contributed by atoms with Gasteiger partial charge in [0, 0.05) is 0 Å². The van der Waals surface area contributed by atoms with Crippen LogP contribution in [0.25, 0.3) is 0 Å². The van der Waals surface area contributed by atoms with Gasteiger partial charge < -0.3 is 16.6 Å². The lowest BCUT2D eigenvalue weighted by Crippen LogP contribution is -2.74. The van der Waals surface area contributed by atoms with Crippen LogP contribution < -0.4 is 11.5 Å². The predicted octanol–water partition coefficient (Wildman–Crippen LogP) is -1.76. The molecule has 0 aromatic carbocycles. The number of amides is 1. The Labute approximate surface area is 60.2 Å². The molecule has 0 heterocycles. The van der Waals surface area contributed by atoms with Crippen molar-refractivity contribution in [1.29, 1.82) is 0 Å². The molecule has 0 unspecified atom stereocenters. The molecule has 0 saturated carbocycles.